The molecule has 0 radical (unpaired) electrons. The van der Waals surface area contributed by atoms with Gasteiger partial charge in [0, 0.05) is 13.1 Å². The van der Waals surface area contributed by atoms with E-state index in [1.54, 1.807) is 25.6 Å². The molecule has 4 aromatic rings. The van der Waals surface area contributed by atoms with Gasteiger partial charge in [-0.1, -0.05) is 30.3 Å². The number of thiophene rings is 1. The Labute approximate surface area is 179 Å². The number of fused-ring (bicyclic) bond motifs is 1. The molecule has 2 heterocycles. The van der Waals surface area contributed by atoms with Gasteiger partial charge >= 0.3 is 0 Å². The number of rotatable bonds is 8. The number of hydrogen-bond acceptors (Lipinski definition) is 4. The molecule has 30 heavy (non-hydrogen) atoms. The Balaban J connectivity index is 1.52. The predicted octanol–water partition coefficient (Wildman–Crippen LogP) is 4.74. The summed E-state index contributed by atoms with van der Waals surface area (Å²) in [5.41, 5.74) is 3.89. The van der Waals surface area contributed by atoms with Crippen molar-refractivity contribution in [2.75, 3.05) is 20.8 Å². The molecule has 0 aliphatic carbocycles. The predicted molar refractivity (Wildman–Crippen MR) is 121 cm³/mol. The molecule has 1 N–H and O–H groups in total. The van der Waals surface area contributed by atoms with Crippen LogP contribution >= 0.6 is 11.3 Å². The van der Waals surface area contributed by atoms with E-state index in [2.05, 4.69) is 21.3 Å². The van der Waals surface area contributed by atoms with Crippen LogP contribution in [-0.2, 0) is 13.0 Å². The lowest BCUT2D eigenvalue weighted by Crippen LogP contribution is -2.28. The zero-order valence-corrected chi connectivity index (χ0v) is 17.9. The summed E-state index contributed by atoms with van der Waals surface area (Å²) in [6.07, 6.45) is 0.709. The standard InChI is InChI=1S/C24H24N2O3S/c1-28-19-8-5-6-17(14-19)16-26-20-11-13-30-23(20)15-21(26)24(27)25-12-10-18-7-3-4-9-22(18)29-2/h3-9,11,13-15H,10,12,16H2,1-2H3,(H,25,27). The zero-order valence-electron chi connectivity index (χ0n) is 17.1. The smallest absolute Gasteiger partial charge is 0.267 e. The van der Waals surface area contributed by atoms with Gasteiger partial charge in [-0.05, 0) is 53.3 Å². The summed E-state index contributed by atoms with van der Waals surface area (Å²) in [6.45, 7) is 1.14. The largest absolute Gasteiger partial charge is 0.497 e. The summed E-state index contributed by atoms with van der Waals surface area (Å²) in [5, 5.41) is 5.11. The molecule has 2 aromatic heterocycles. The Hall–Kier alpha value is -3.25. The number of methoxy groups -OCH3 is 2. The van der Waals surface area contributed by atoms with E-state index in [1.807, 2.05) is 54.6 Å². The number of carbonyl (C=O) groups excluding carboxylic acids is 1. The van der Waals surface area contributed by atoms with Crippen LogP contribution in [0.3, 0.4) is 0 Å². The molecule has 0 saturated carbocycles. The minimum Gasteiger partial charge on any atom is -0.497 e. The van der Waals surface area contributed by atoms with Crippen LogP contribution in [0.4, 0.5) is 0 Å². The van der Waals surface area contributed by atoms with E-state index < -0.39 is 0 Å². The monoisotopic (exact) mass is 420 g/mol. The van der Waals surface area contributed by atoms with E-state index in [9.17, 15) is 4.79 Å². The molecule has 5 nitrogen and oxygen atoms in total. The second-order valence-electron chi connectivity index (χ2n) is 6.96. The van der Waals surface area contributed by atoms with Gasteiger partial charge < -0.3 is 19.4 Å². The van der Waals surface area contributed by atoms with Crippen molar-refractivity contribution >= 4 is 27.5 Å². The molecule has 0 fully saturated rings. The number of nitrogens with zero attached hydrogens (tertiary/aromatic N) is 1. The molecule has 0 spiro atoms. The molecule has 0 unspecified atom stereocenters. The molecule has 0 saturated heterocycles. The number of para-hydroxylation sites is 1. The SMILES string of the molecule is COc1cccc(Cn2c(C(=O)NCCc3ccccc3OC)cc3sccc32)c1. The first-order valence-electron chi connectivity index (χ1n) is 9.79. The van der Waals surface area contributed by atoms with Gasteiger partial charge in [-0.15, -0.1) is 11.3 Å². The van der Waals surface area contributed by atoms with Crippen LogP contribution in [0, 0.1) is 0 Å². The lowest BCUT2D eigenvalue weighted by atomic mass is 10.1. The third-order valence-corrected chi connectivity index (χ3v) is 5.96. The van der Waals surface area contributed by atoms with Crippen molar-refractivity contribution in [1.82, 2.24) is 9.88 Å². The van der Waals surface area contributed by atoms with Crippen LogP contribution in [-0.4, -0.2) is 31.2 Å². The fourth-order valence-electron chi connectivity index (χ4n) is 3.60. The van der Waals surface area contributed by atoms with Crippen molar-refractivity contribution < 1.29 is 14.3 Å². The number of benzene rings is 2. The van der Waals surface area contributed by atoms with Gasteiger partial charge in [0.2, 0.25) is 0 Å². The molecule has 0 aliphatic rings. The Morgan fingerprint density at radius 1 is 1.03 bits per heavy atom. The molecule has 1 amide bonds. The minimum atomic E-state index is -0.0730. The Morgan fingerprint density at radius 3 is 2.73 bits per heavy atom. The Bertz CT molecular complexity index is 1160. The van der Waals surface area contributed by atoms with Crippen molar-refractivity contribution in [2.45, 2.75) is 13.0 Å². The van der Waals surface area contributed by atoms with E-state index in [1.165, 1.54) is 0 Å². The number of aromatic nitrogens is 1. The van der Waals surface area contributed by atoms with Crippen molar-refractivity contribution in [3.05, 3.63) is 82.9 Å². The summed E-state index contributed by atoms with van der Waals surface area (Å²) in [5.74, 6) is 1.58. The van der Waals surface area contributed by atoms with E-state index in [-0.39, 0.29) is 5.91 Å². The summed E-state index contributed by atoms with van der Waals surface area (Å²) in [7, 11) is 3.32. The first-order chi connectivity index (χ1) is 14.7. The topological polar surface area (TPSA) is 52.5 Å². The number of carbonyl (C=O) groups is 1. The summed E-state index contributed by atoms with van der Waals surface area (Å²) in [6, 6.07) is 19.8. The Kier molecular flexibility index (Phi) is 6.05. The molecular weight excluding hydrogens is 396 g/mol. The third-order valence-electron chi connectivity index (χ3n) is 5.10. The molecule has 0 aliphatic heterocycles. The van der Waals surface area contributed by atoms with Gasteiger partial charge in [0.15, 0.2) is 0 Å². The second-order valence-corrected chi connectivity index (χ2v) is 7.90. The van der Waals surface area contributed by atoms with E-state index >= 15 is 0 Å². The average molecular weight is 421 g/mol. The van der Waals surface area contributed by atoms with Crippen LogP contribution in [0.25, 0.3) is 10.2 Å². The lowest BCUT2D eigenvalue weighted by molar-refractivity contribution is 0.0945. The normalized spacial score (nSPS) is 10.9. The van der Waals surface area contributed by atoms with Crippen LogP contribution in [0.15, 0.2) is 66.0 Å². The molecule has 154 valence electrons. The summed E-state index contributed by atoms with van der Waals surface area (Å²) in [4.78, 5) is 13.0. The molecule has 6 heteroatoms. The number of hydrogen-bond donors (Lipinski definition) is 1. The molecule has 0 atom stereocenters. The van der Waals surface area contributed by atoms with E-state index in [0.29, 0.717) is 25.2 Å². The molecular formula is C24H24N2O3S. The highest BCUT2D eigenvalue weighted by atomic mass is 32.1. The quantitative estimate of drug-likeness (QED) is 0.448. The van der Waals surface area contributed by atoms with E-state index in [4.69, 9.17) is 9.47 Å². The van der Waals surface area contributed by atoms with Crippen LogP contribution in [0.2, 0.25) is 0 Å². The molecule has 2 aromatic carbocycles. The van der Waals surface area contributed by atoms with Gasteiger partial charge in [0.25, 0.3) is 5.91 Å². The Morgan fingerprint density at radius 2 is 1.90 bits per heavy atom. The number of ether oxygens (including phenoxy) is 2. The first kappa shape index (κ1) is 20.0. The minimum absolute atomic E-state index is 0.0730. The summed E-state index contributed by atoms with van der Waals surface area (Å²) < 4.78 is 13.9. The second kappa shape index (κ2) is 9.05. The van der Waals surface area contributed by atoms with Crippen molar-refractivity contribution in [3.8, 4) is 11.5 Å². The average Bonchev–Trinajstić information content (AvgIpc) is 3.37. The molecule has 0 bridgehead atoms. The van der Waals surface area contributed by atoms with Crippen molar-refractivity contribution in [3.63, 3.8) is 0 Å². The highest BCUT2D eigenvalue weighted by Gasteiger charge is 2.17. The van der Waals surface area contributed by atoms with Gasteiger partial charge in [-0.2, -0.15) is 0 Å². The molecule has 4 rings (SSSR count). The lowest BCUT2D eigenvalue weighted by Gasteiger charge is -2.12. The summed E-state index contributed by atoms with van der Waals surface area (Å²) >= 11 is 1.64. The van der Waals surface area contributed by atoms with Crippen LogP contribution in [0.5, 0.6) is 11.5 Å². The number of nitrogens with one attached hydrogen (secondary N) is 1. The highest BCUT2D eigenvalue weighted by molar-refractivity contribution is 7.17. The fourth-order valence-corrected chi connectivity index (χ4v) is 4.42. The van der Waals surface area contributed by atoms with Crippen molar-refractivity contribution in [2.24, 2.45) is 0 Å². The van der Waals surface area contributed by atoms with Gasteiger partial charge in [-0.3, -0.25) is 4.79 Å². The highest BCUT2D eigenvalue weighted by Crippen LogP contribution is 2.27. The van der Waals surface area contributed by atoms with Gasteiger partial charge in [0.05, 0.1) is 24.4 Å². The fraction of sp³-hybridized carbons (Fsp3) is 0.208. The maximum absolute atomic E-state index is 13.0. The number of amides is 1. The van der Waals surface area contributed by atoms with Crippen molar-refractivity contribution in [1.29, 1.82) is 0 Å². The first-order valence-corrected chi connectivity index (χ1v) is 10.7. The van der Waals surface area contributed by atoms with Gasteiger partial charge in [0.1, 0.15) is 17.2 Å². The van der Waals surface area contributed by atoms with E-state index in [0.717, 1.165) is 32.8 Å². The van der Waals surface area contributed by atoms with Crippen LogP contribution < -0.4 is 14.8 Å². The van der Waals surface area contributed by atoms with Gasteiger partial charge in [-0.25, -0.2) is 0 Å². The maximum Gasteiger partial charge on any atom is 0.267 e. The maximum atomic E-state index is 13.0. The van der Waals surface area contributed by atoms with Crippen LogP contribution in [0.1, 0.15) is 21.6 Å². The zero-order chi connectivity index (χ0) is 20.9. The third kappa shape index (κ3) is 4.19.